The summed E-state index contributed by atoms with van der Waals surface area (Å²) in [6, 6.07) is 3.54. The van der Waals surface area contributed by atoms with Crippen LogP contribution in [0, 0.1) is 0 Å². The van der Waals surface area contributed by atoms with Gasteiger partial charge in [-0.05, 0) is 24.3 Å². The standard InChI is InChI=1S/C9H9ClF3NO4S2/c1-14(6-9(11,12)13)20(17,18)8-4-2-7(3-5-8)19(10,15)16/h2-5H,6H2,1H3. The number of sulfonamides is 1. The van der Waals surface area contributed by atoms with Crippen LogP contribution in [0.25, 0.3) is 0 Å². The Bertz CT molecular complexity index is 683. The van der Waals surface area contributed by atoms with E-state index in [2.05, 4.69) is 0 Å². The summed E-state index contributed by atoms with van der Waals surface area (Å²) in [6.45, 7) is -1.65. The fourth-order valence-electron chi connectivity index (χ4n) is 1.29. The lowest BCUT2D eigenvalue weighted by Crippen LogP contribution is -2.35. The van der Waals surface area contributed by atoms with E-state index in [1.54, 1.807) is 0 Å². The molecule has 1 aromatic carbocycles. The number of halogens is 4. The molecule has 0 N–H and O–H groups in total. The molecule has 0 radical (unpaired) electrons. The van der Waals surface area contributed by atoms with E-state index in [-0.39, 0.29) is 9.20 Å². The molecule has 0 fully saturated rings. The van der Waals surface area contributed by atoms with Crippen molar-refractivity contribution in [3.8, 4) is 0 Å². The maximum Gasteiger partial charge on any atom is 0.402 e. The van der Waals surface area contributed by atoms with Gasteiger partial charge in [0.1, 0.15) is 6.54 Å². The lowest BCUT2D eigenvalue weighted by Gasteiger charge is -2.18. The highest BCUT2D eigenvalue weighted by Gasteiger charge is 2.34. The average molecular weight is 352 g/mol. The zero-order valence-corrected chi connectivity index (χ0v) is 12.3. The van der Waals surface area contributed by atoms with Gasteiger partial charge in [-0.3, -0.25) is 0 Å². The molecule has 5 nitrogen and oxygen atoms in total. The summed E-state index contributed by atoms with van der Waals surface area (Å²) >= 11 is 0. The van der Waals surface area contributed by atoms with Gasteiger partial charge < -0.3 is 0 Å². The molecular weight excluding hydrogens is 343 g/mol. The van der Waals surface area contributed by atoms with Gasteiger partial charge in [0.25, 0.3) is 9.05 Å². The van der Waals surface area contributed by atoms with Gasteiger partial charge in [-0.2, -0.15) is 17.5 Å². The van der Waals surface area contributed by atoms with Crippen LogP contribution in [0.2, 0.25) is 0 Å². The Morgan fingerprint density at radius 3 is 1.80 bits per heavy atom. The molecule has 20 heavy (non-hydrogen) atoms. The Morgan fingerprint density at radius 2 is 1.45 bits per heavy atom. The molecule has 0 atom stereocenters. The Kier molecular flexibility index (Phi) is 4.74. The Morgan fingerprint density at radius 1 is 1.05 bits per heavy atom. The third kappa shape index (κ3) is 4.33. The van der Waals surface area contributed by atoms with E-state index in [1.807, 2.05) is 0 Å². The van der Waals surface area contributed by atoms with Crippen LogP contribution in [0.5, 0.6) is 0 Å². The SMILES string of the molecule is CN(CC(F)(F)F)S(=O)(=O)c1ccc(S(=O)(=O)Cl)cc1. The van der Waals surface area contributed by atoms with Gasteiger partial charge in [0.2, 0.25) is 10.0 Å². The minimum atomic E-state index is -4.68. The highest BCUT2D eigenvalue weighted by molar-refractivity contribution is 8.13. The van der Waals surface area contributed by atoms with Crippen molar-refractivity contribution < 1.29 is 30.0 Å². The first kappa shape index (κ1) is 17.2. The third-order valence-corrected chi connectivity index (χ3v) is 5.40. The maximum absolute atomic E-state index is 12.2. The molecule has 1 rings (SSSR count). The number of hydrogen-bond donors (Lipinski definition) is 0. The second-order valence-corrected chi connectivity index (χ2v) is 8.40. The number of benzene rings is 1. The molecule has 0 saturated heterocycles. The van der Waals surface area contributed by atoms with E-state index in [0.717, 1.165) is 31.3 Å². The molecule has 0 aliphatic rings. The number of alkyl halides is 3. The van der Waals surface area contributed by atoms with E-state index < -0.39 is 36.7 Å². The molecule has 0 aliphatic carbocycles. The van der Waals surface area contributed by atoms with Crippen LogP contribution in [0.3, 0.4) is 0 Å². The van der Waals surface area contributed by atoms with Crippen molar-refractivity contribution >= 4 is 29.8 Å². The Labute approximate surface area is 118 Å². The quantitative estimate of drug-likeness (QED) is 0.775. The molecule has 11 heteroatoms. The molecule has 0 spiro atoms. The first-order valence-electron chi connectivity index (χ1n) is 4.92. The Hall–Kier alpha value is -0.840. The zero-order chi connectivity index (χ0) is 15.8. The maximum atomic E-state index is 12.2. The van der Waals surface area contributed by atoms with Crippen LogP contribution in [0.15, 0.2) is 34.1 Å². The fourth-order valence-corrected chi connectivity index (χ4v) is 3.22. The normalized spacial score (nSPS) is 13.7. The first-order chi connectivity index (χ1) is 8.84. The lowest BCUT2D eigenvalue weighted by molar-refractivity contribution is -0.134. The summed E-state index contributed by atoms with van der Waals surface area (Å²) in [5.74, 6) is 0. The summed E-state index contributed by atoms with van der Waals surface area (Å²) in [4.78, 5) is -0.815. The summed E-state index contributed by atoms with van der Waals surface area (Å²) in [6.07, 6.45) is -4.68. The highest BCUT2D eigenvalue weighted by Crippen LogP contribution is 2.23. The minimum absolute atomic E-state index is 0.122. The van der Waals surface area contributed by atoms with Crippen molar-refractivity contribution in [2.24, 2.45) is 0 Å². The van der Waals surface area contributed by atoms with Gasteiger partial charge in [0.05, 0.1) is 9.79 Å². The second-order valence-electron chi connectivity index (χ2n) is 3.79. The van der Waals surface area contributed by atoms with Crippen LogP contribution in [0.4, 0.5) is 13.2 Å². The molecule has 0 bridgehead atoms. The second kappa shape index (κ2) is 5.51. The van der Waals surface area contributed by atoms with Crippen molar-refractivity contribution in [3.63, 3.8) is 0 Å². The van der Waals surface area contributed by atoms with Crippen molar-refractivity contribution in [3.05, 3.63) is 24.3 Å². The van der Waals surface area contributed by atoms with Crippen molar-refractivity contribution in [1.29, 1.82) is 0 Å². The number of hydrogen-bond acceptors (Lipinski definition) is 4. The summed E-state index contributed by atoms with van der Waals surface area (Å²) in [5.41, 5.74) is 0. The van der Waals surface area contributed by atoms with Crippen LogP contribution in [-0.2, 0) is 19.1 Å². The van der Waals surface area contributed by atoms with E-state index >= 15 is 0 Å². The van der Waals surface area contributed by atoms with E-state index in [0.29, 0.717) is 0 Å². The summed E-state index contributed by atoms with van der Waals surface area (Å²) < 4.78 is 82.2. The van der Waals surface area contributed by atoms with Gasteiger partial charge in [-0.25, -0.2) is 16.8 Å². The largest absolute Gasteiger partial charge is 0.402 e. The van der Waals surface area contributed by atoms with Crippen molar-refractivity contribution in [2.45, 2.75) is 16.0 Å². The van der Waals surface area contributed by atoms with E-state index in [9.17, 15) is 30.0 Å². The molecule has 114 valence electrons. The lowest BCUT2D eigenvalue weighted by atomic mass is 10.4. The molecule has 0 aromatic heterocycles. The fraction of sp³-hybridized carbons (Fsp3) is 0.333. The topological polar surface area (TPSA) is 71.5 Å². The molecular formula is C9H9ClF3NO4S2. The predicted molar refractivity (Wildman–Crippen MR) is 65.4 cm³/mol. The zero-order valence-electron chi connectivity index (χ0n) is 9.93. The average Bonchev–Trinajstić information content (AvgIpc) is 2.25. The summed E-state index contributed by atoms with van der Waals surface area (Å²) in [7, 11) is -2.58. The van der Waals surface area contributed by atoms with E-state index in [4.69, 9.17) is 10.7 Å². The van der Waals surface area contributed by atoms with E-state index in [1.165, 1.54) is 0 Å². The van der Waals surface area contributed by atoms with Crippen molar-refractivity contribution in [1.82, 2.24) is 4.31 Å². The Balaban J connectivity index is 3.11. The van der Waals surface area contributed by atoms with Crippen LogP contribution >= 0.6 is 10.7 Å². The van der Waals surface area contributed by atoms with Crippen LogP contribution in [0.1, 0.15) is 0 Å². The predicted octanol–water partition coefficient (Wildman–Crippen LogP) is 1.80. The first-order valence-corrected chi connectivity index (χ1v) is 8.67. The molecule has 1 aromatic rings. The smallest absolute Gasteiger partial charge is 0.207 e. The van der Waals surface area contributed by atoms with Gasteiger partial charge in [0, 0.05) is 17.7 Å². The molecule has 0 unspecified atom stereocenters. The highest BCUT2D eigenvalue weighted by atomic mass is 35.7. The van der Waals surface area contributed by atoms with Gasteiger partial charge >= 0.3 is 6.18 Å². The third-order valence-electron chi connectivity index (χ3n) is 2.22. The monoisotopic (exact) mass is 351 g/mol. The molecule has 0 aliphatic heterocycles. The number of nitrogens with zero attached hydrogens (tertiary/aromatic N) is 1. The van der Waals surface area contributed by atoms with Gasteiger partial charge in [-0.15, -0.1) is 0 Å². The van der Waals surface area contributed by atoms with Gasteiger partial charge in [-0.1, -0.05) is 0 Å². The van der Waals surface area contributed by atoms with Crippen LogP contribution in [-0.4, -0.2) is 40.9 Å². The molecule has 0 amide bonds. The number of rotatable bonds is 4. The van der Waals surface area contributed by atoms with Crippen molar-refractivity contribution in [2.75, 3.05) is 13.6 Å². The minimum Gasteiger partial charge on any atom is -0.207 e. The van der Waals surface area contributed by atoms with Crippen LogP contribution < -0.4 is 0 Å². The molecule has 0 saturated carbocycles. The summed E-state index contributed by atoms with van der Waals surface area (Å²) in [5, 5.41) is 0. The molecule has 0 heterocycles. The van der Waals surface area contributed by atoms with Gasteiger partial charge in [0.15, 0.2) is 0 Å².